The molecule has 1 heterocycles. The number of alkyl halides is 3. The maximum atomic E-state index is 12.7. The third-order valence-corrected chi connectivity index (χ3v) is 3.68. The lowest BCUT2D eigenvalue weighted by Crippen LogP contribution is -2.35. The largest absolute Gasteiger partial charge is 0.431 e. The van der Waals surface area contributed by atoms with E-state index in [1.807, 2.05) is 0 Å². The van der Waals surface area contributed by atoms with Crippen molar-refractivity contribution in [2.75, 3.05) is 0 Å². The molecular weight excluding hydrogens is 245 g/mol. The Bertz CT molecular complexity index is 357. The van der Waals surface area contributed by atoms with E-state index in [0.717, 1.165) is 43.5 Å². The summed E-state index contributed by atoms with van der Waals surface area (Å²) in [5, 5.41) is 4.66. The summed E-state index contributed by atoms with van der Waals surface area (Å²) in [6.07, 6.45) is 1.10. The molecule has 1 fully saturated rings. The van der Waals surface area contributed by atoms with Gasteiger partial charge in [-0.3, -0.25) is 4.79 Å². The zero-order valence-corrected chi connectivity index (χ0v) is 10.3. The van der Waals surface area contributed by atoms with Crippen molar-refractivity contribution in [2.24, 2.45) is 11.0 Å². The molecule has 2 rings (SSSR count). The number of nitrogens with zero attached hydrogens (tertiary/aromatic N) is 2. The third-order valence-electron chi connectivity index (χ3n) is 3.68. The number of carbonyl (C=O) groups is 1. The van der Waals surface area contributed by atoms with Gasteiger partial charge in [0.2, 0.25) is 0 Å². The summed E-state index contributed by atoms with van der Waals surface area (Å²) in [7, 11) is 0. The van der Waals surface area contributed by atoms with Crippen molar-refractivity contribution in [1.82, 2.24) is 5.01 Å². The van der Waals surface area contributed by atoms with Crippen LogP contribution in [0.3, 0.4) is 0 Å². The number of amides is 1. The Morgan fingerprint density at radius 3 is 2.17 bits per heavy atom. The molecular formula is C12H17F3N2O. The Balaban J connectivity index is 2.18. The monoisotopic (exact) mass is 262 g/mol. The summed E-state index contributed by atoms with van der Waals surface area (Å²) in [6, 6.07) is -0.151. The highest BCUT2D eigenvalue weighted by Crippen LogP contribution is 2.32. The molecule has 102 valence electrons. The third kappa shape index (κ3) is 2.52. The first-order valence-corrected chi connectivity index (χ1v) is 6.40. The summed E-state index contributed by atoms with van der Waals surface area (Å²) in [4.78, 5) is 11.9. The van der Waals surface area contributed by atoms with Crippen LogP contribution in [0.25, 0.3) is 0 Å². The molecule has 18 heavy (non-hydrogen) atoms. The number of rotatable bonds is 1. The highest BCUT2D eigenvalue weighted by molar-refractivity contribution is 6.10. The number of carbonyl (C=O) groups excluding carboxylic acids is 1. The Morgan fingerprint density at radius 1 is 1.17 bits per heavy atom. The van der Waals surface area contributed by atoms with Crippen molar-refractivity contribution in [3.8, 4) is 0 Å². The molecule has 1 amide bonds. The molecule has 0 spiro atoms. The van der Waals surface area contributed by atoms with Gasteiger partial charge in [0, 0.05) is 0 Å². The fourth-order valence-corrected chi connectivity index (χ4v) is 2.63. The average molecular weight is 262 g/mol. The van der Waals surface area contributed by atoms with Crippen molar-refractivity contribution in [3.05, 3.63) is 0 Å². The van der Waals surface area contributed by atoms with E-state index >= 15 is 0 Å². The van der Waals surface area contributed by atoms with Crippen molar-refractivity contribution in [2.45, 2.75) is 57.7 Å². The first kappa shape index (κ1) is 13.4. The highest BCUT2D eigenvalue weighted by atomic mass is 19.4. The van der Waals surface area contributed by atoms with Crippen LogP contribution in [0.1, 0.15) is 45.4 Å². The van der Waals surface area contributed by atoms with Gasteiger partial charge in [-0.2, -0.15) is 18.3 Å². The molecule has 1 atom stereocenters. The van der Waals surface area contributed by atoms with Crippen molar-refractivity contribution >= 4 is 11.6 Å². The van der Waals surface area contributed by atoms with Crippen LogP contribution in [-0.4, -0.2) is 28.8 Å². The van der Waals surface area contributed by atoms with Gasteiger partial charge in [0.25, 0.3) is 5.91 Å². The van der Waals surface area contributed by atoms with Gasteiger partial charge in [0.1, 0.15) is 0 Å². The maximum absolute atomic E-state index is 12.7. The molecule has 0 N–H and O–H groups in total. The van der Waals surface area contributed by atoms with Gasteiger partial charge in [-0.05, 0) is 19.8 Å². The van der Waals surface area contributed by atoms with Crippen LogP contribution in [0.15, 0.2) is 5.10 Å². The quantitative estimate of drug-likeness (QED) is 0.668. The summed E-state index contributed by atoms with van der Waals surface area (Å²) in [5.41, 5.74) is -0.947. The summed E-state index contributed by atoms with van der Waals surface area (Å²) < 4.78 is 38.1. The van der Waals surface area contributed by atoms with E-state index in [1.165, 1.54) is 6.92 Å². The van der Waals surface area contributed by atoms with Crippen LogP contribution in [0.4, 0.5) is 13.2 Å². The van der Waals surface area contributed by atoms with E-state index in [1.54, 1.807) is 0 Å². The van der Waals surface area contributed by atoms with Gasteiger partial charge in [-0.15, -0.1) is 0 Å². The topological polar surface area (TPSA) is 32.7 Å². The second kappa shape index (κ2) is 4.90. The summed E-state index contributed by atoms with van der Waals surface area (Å²) >= 11 is 0. The minimum Gasteiger partial charge on any atom is -0.272 e. The van der Waals surface area contributed by atoms with Gasteiger partial charge in [0.05, 0.1) is 12.0 Å². The van der Waals surface area contributed by atoms with E-state index < -0.39 is 23.7 Å². The van der Waals surface area contributed by atoms with Gasteiger partial charge in [-0.25, -0.2) is 5.01 Å². The molecule has 6 heteroatoms. The molecule has 1 unspecified atom stereocenters. The van der Waals surface area contributed by atoms with E-state index in [0.29, 0.717) is 0 Å². The minimum atomic E-state index is -4.51. The van der Waals surface area contributed by atoms with Crippen molar-refractivity contribution in [3.63, 3.8) is 0 Å². The fraction of sp³-hybridized carbons (Fsp3) is 0.833. The van der Waals surface area contributed by atoms with E-state index in [-0.39, 0.29) is 6.04 Å². The minimum absolute atomic E-state index is 0.151. The molecule has 1 saturated carbocycles. The molecule has 1 aliphatic carbocycles. The Hall–Kier alpha value is -1.07. The SMILES string of the molecule is CC1C(=O)N(C2CCCCCC2)N=C1C(F)(F)F. The Morgan fingerprint density at radius 2 is 1.72 bits per heavy atom. The average Bonchev–Trinajstić information content (AvgIpc) is 2.52. The molecule has 2 aliphatic rings. The Kier molecular flexibility index (Phi) is 3.64. The predicted octanol–water partition coefficient (Wildman–Crippen LogP) is 3.11. The number of hydrogen-bond donors (Lipinski definition) is 0. The zero-order chi connectivity index (χ0) is 13.3. The van der Waals surface area contributed by atoms with E-state index in [9.17, 15) is 18.0 Å². The van der Waals surface area contributed by atoms with Crippen molar-refractivity contribution in [1.29, 1.82) is 0 Å². The van der Waals surface area contributed by atoms with Crippen LogP contribution in [-0.2, 0) is 4.79 Å². The molecule has 0 aromatic heterocycles. The lowest BCUT2D eigenvalue weighted by atomic mass is 10.0. The Labute approximate surface area is 104 Å². The van der Waals surface area contributed by atoms with Gasteiger partial charge < -0.3 is 0 Å². The van der Waals surface area contributed by atoms with Crippen LogP contribution < -0.4 is 0 Å². The summed E-state index contributed by atoms with van der Waals surface area (Å²) in [5.74, 6) is -1.66. The second-order valence-corrected chi connectivity index (χ2v) is 5.03. The lowest BCUT2D eigenvalue weighted by molar-refractivity contribution is -0.134. The van der Waals surface area contributed by atoms with Crippen LogP contribution in [0.5, 0.6) is 0 Å². The molecule has 0 aromatic carbocycles. The number of hydrogen-bond acceptors (Lipinski definition) is 2. The van der Waals surface area contributed by atoms with Gasteiger partial charge >= 0.3 is 6.18 Å². The van der Waals surface area contributed by atoms with Crippen LogP contribution >= 0.6 is 0 Å². The zero-order valence-electron chi connectivity index (χ0n) is 10.3. The molecule has 0 aromatic rings. The second-order valence-electron chi connectivity index (χ2n) is 5.03. The number of halogens is 3. The first-order chi connectivity index (χ1) is 8.41. The molecule has 3 nitrogen and oxygen atoms in total. The van der Waals surface area contributed by atoms with E-state index in [4.69, 9.17) is 0 Å². The van der Waals surface area contributed by atoms with Crippen molar-refractivity contribution < 1.29 is 18.0 Å². The predicted molar refractivity (Wildman–Crippen MR) is 61.0 cm³/mol. The molecule has 0 radical (unpaired) electrons. The standard InChI is InChI=1S/C12H17F3N2O/c1-8-10(12(13,14)15)16-17(11(8)18)9-6-4-2-3-5-7-9/h8-9H,2-7H2,1H3. The molecule has 0 bridgehead atoms. The number of hydrazone groups is 1. The smallest absolute Gasteiger partial charge is 0.272 e. The fourth-order valence-electron chi connectivity index (χ4n) is 2.63. The van der Waals surface area contributed by atoms with Gasteiger partial charge in [-0.1, -0.05) is 25.7 Å². The lowest BCUT2D eigenvalue weighted by Gasteiger charge is -2.23. The van der Waals surface area contributed by atoms with Crippen LogP contribution in [0.2, 0.25) is 0 Å². The first-order valence-electron chi connectivity index (χ1n) is 6.40. The molecule has 0 saturated heterocycles. The van der Waals surface area contributed by atoms with Crippen LogP contribution in [0, 0.1) is 5.92 Å². The summed E-state index contributed by atoms with van der Waals surface area (Å²) in [6.45, 7) is 1.28. The molecule has 1 aliphatic heterocycles. The van der Waals surface area contributed by atoms with E-state index in [2.05, 4.69) is 5.10 Å². The van der Waals surface area contributed by atoms with Gasteiger partial charge in [0.15, 0.2) is 5.71 Å². The maximum Gasteiger partial charge on any atom is 0.431 e. The highest BCUT2D eigenvalue weighted by Gasteiger charge is 2.48. The normalized spacial score (nSPS) is 27.3.